The van der Waals surface area contributed by atoms with Crippen LogP contribution < -0.4 is 5.32 Å². The van der Waals surface area contributed by atoms with Gasteiger partial charge >= 0.3 is 12.0 Å². The number of nitrogens with one attached hydrogen (secondary N) is 1. The number of hydrogen-bond acceptors (Lipinski definition) is 3. The standard InChI is InChI=1S/C15H26N2O4/c1-4-21-12-9-11(15(12,2)3)16-14(20)17(10-5-6-10)8-7-13(18)19/h10-12H,4-9H2,1-3H3,(H,16,20)(H,18,19). The molecule has 2 saturated carbocycles. The number of carboxylic acids is 1. The van der Waals surface area contributed by atoms with Crippen molar-refractivity contribution in [1.82, 2.24) is 10.2 Å². The molecule has 2 fully saturated rings. The average Bonchev–Trinajstić information content (AvgIpc) is 3.22. The van der Waals surface area contributed by atoms with Crippen molar-refractivity contribution in [3.05, 3.63) is 0 Å². The third-order valence-electron chi connectivity index (χ3n) is 4.66. The molecule has 2 aliphatic carbocycles. The molecule has 0 heterocycles. The van der Waals surface area contributed by atoms with E-state index < -0.39 is 5.97 Å². The smallest absolute Gasteiger partial charge is 0.317 e. The van der Waals surface area contributed by atoms with Crippen LogP contribution in [0.25, 0.3) is 0 Å². The Hall–Kier alpha value is -1.30. The van der Waals surface area contributed by atoms with Gasteiger partial charge in [0.2, 0.25) is 0 Å². The highest BCUT2D eigenvalue weighted by Gasteiger charge is 2.50. The maximum atomic E-state index is 12.4. The Morgan fingerprint density at radius 3 is 2.52 bits per heavy atom. The number of hydrogen-bond donors (Lipinski definition) is 2. The number of amides is 2. The maximum absolute atomic E-state index is 12.4. The number of aliphatic carboxylic acids is 1. The third kappa shape index (κ3) is 3.67. The molecule has 21 heavy (non-hydrogen) atoms. The largest absolute Gasteiger partial charge is 0.481 e. The highest BCUT2D eigenvalue weighted by molar-refractivity contribution is 5.76. The molecule has 2 atom stereocenters. The number of rotatable bonds is 7. The minimum Gasteiger partial charge on any atom is -0.481 e. The number of urea groups is 1. The Bertz CT molecular complexity index is 406. The van der Waals surface area contributed by atoms with E-state index in [4.69, 9.17) is 9.84 Å². The van der Waals surface area contributed by atoms with Crippen molar-refractivity contribution in [3.63, 3.8) is 0 Å². The summed E-state index contributed by atoms with van der Waals surface area (Å²) in [5.74, 6) is -0.867. The predicted molar refractivity (Wildman–Crippen MR) is 78.1 cm³/mol. The van der Waals surface area contributed by atoms with E-state index in [1.165, 1.54) is 0 Å². The molecular weight excluding hydrogens is 272 g/mol. The summed E-state index contributed by atoms with van der Waals surface area (Å²) in [6.45, 7) is 7.14. The van der Waals surface area contributed by atoms with Crippen LogP contribution in [-0.2, 0) is 9.53 Å². The van der Waals surface area contributed by atoms with Gasteiger partial charge in [0.15, 0.2) is 0 Å². The summed E-state index contributed by atoms with van der Waals surface area (Å²) in [5.41, 5.74) is -0.0757. The zero-order valence-electron chi connectivity index (χ0n) is 13.1. The second kappa shape index (κ2) is 6.22. The Balaban J connectivity index is 1.86. The molecule has 0 aromatic carbocycles. The molecule has 2 unspecified atom stereocenters. The molecule has 6 heteroatoms. The first-order valence-corrected chi connectivity index (χ1v) is 7.76. The molecule has 2 N–H and O–H groups in total. The van der Waals surface area contributed by atoms with Gasteiger partial charge in [-0.3, -0.25) is 4.79 Å². The second-order valence-corrected chi connectivity index (χ2v) is 6.57. The van der Waals surface area contributed by atoms with Crippen LogP contribution in [0, 0.1) is 5.41 Å². The van der Waals surface area contributed by atoms with E-state index in [1.54, 1.807) is 4.90 Å². The zero-order valence-corrected chi connectivity index (χ0v) is 13.1. The first-order chi connectivity index (χ1) is 9.86. The van der Waals surface area contributed by atoms with Gasteiger partial charge in [0.1, 0.15) is 0 Å². The van der Waals surface area contributed by atoms with Crippen LogP contribution in [0.1, 0.15) is 46.5 Å². The van der Waals surface area contributed by atoms with Crippen LogP contribution in [0.5, 0.6) is 0 Å². The SMILES string of the molecule is CCOC1CC(NC(=O)N(CCC(=O)O)C2CC2)C1(C)C. The van der Waals surface area contributed by atoms with Gasteiger partial charge in [-0.05, 0) is 26.2 Å². The Morgan fingerprint density at radius 1 is 1.38 bits per heavy atom. The van der Waals surface area contributed by atoms with Crippen LogP contribution in [0.2, 0.25) is 0 Å². The van der Waals surface area contributed by atoms with Gasteiger partial charge in [-0.25, -0.2) is 4.79 Å². The average molecular weight is 298 g/mol. The Morgan fingerprint density at radius 2 is 2.05 bits per heavy atom. The van der Waals surface area contributed by atoms with Crippen molar-refractivity contribution >= 4 is 12.0 Å². The molecule has 2 aliphatic rings. The maximum Gasteiger partial charge on any atom is 0.317 e. The molecule has 0 saturated heterocycles. The second-order valence-electron chi connectivity index (χ2n) is 6.57. The number of ether oxygens (including phenoxy) is 1. The van der Waals surface area contributed by atoms with Crippen LogP contribution in [0.4, 0.5) is 4.79 Å². The molecule has 0 radical (unpaired) electrons. The topological polar surface area (TPSA) is 78.9 Å². The molecule has 0 spiro atoms. The van der Waals surface area contributed by atoms with Crippen molar-refractivity contribution in [2.75, 3.05) is 13.2 Å². The predicted octanol–water partition coefficient (Wildman–Crippen LogP) is 1.84. The van der Waals surface area contributed by atoms with E-state index in [0.717, 1.165) is 19.3 Å². The van der Waals surface area contributed by atoms with Crippen molar-refractivity contribution in [2.45, 2.75) is 64.6 Å². The van der Waals surface area contributed by atoms with Crippen LogP contribution in [-0.4, -0.2) is 53.3 Å². The van der Waals surface area contributed by atoms with E-state index in [-0.39, 0.29) is 42.6 Å². The van der Waals surface area contributed by atoms with Crippen LogP contribution in [0.15, 0.2) is 0 Å². The minimum absolute atomic E-state index is 0.000446. The van der Waals surface area contributed by atoms with Gasteiger partial charge in [0.25, 0.3) is 0 Å². The lowest BCUT2D eigenvalue weighted by molar-refractivity contribution is -0.137. The number of carboxylic acid groups (broad SMARTS) is 1. The summed E-state index contributed by atoms with van der Waals surface area (Å²) < 4.78 is 5.66. The van der Waals surface area contributed by atoms with Crippen molar-refractivity contribution in [2.24, 2.45) is 5.41 Å². The van der Waals surface area contributed by atoms with Gasteiger partial charge in [-0.2, -0.15) is 0 Å². The molecule has 0 aromatic rings. The lowest BCUT2D eigenvalue weighted by Gasteiger charge is -2.51. The normalized spacial score (nSPS) is 26.8. The van der Waals surface area contributed by atoms with Crippen molar-refractivity contribution in [1.29, 1.82) is 0 Å². The van der Waals surface area contributed by atoms with Crippen LogP contribution in [0.3, 0.4) is 0 Å². The summed E-state index contributed by atoms with van der Waals surface area (Å²) in [4.78, 5) is 24.8. The Kier molecular flexibility index (Phi) is 4.76. The zero-order chi connectivity index (χ0) is 15.6. The van der Waals surface area contributed by atoms with Gasteiger partial charge in [0.05, 0.1) is 12.5 Å². The van der Waals surface area contributed by atoms with E-state index in [0.29, 0.717) is 6.61 Å². The third-order valence-corrected chi connectivity index (χ3v) is 4.66. The lowest BCUT2D eigenvalue weighted by Crippen LogP contribution is -2.63. The molecule has 120 valence electrons. The Labute approximate surface area is 125 Å². The highest BCUT2D eigenvalue weighted by atomic mass is 16.5. The fourth-order valence-electron chi connectivity index (χ4n) is 2.90. The minimum atomic E-state index is -0.867. The summed E-state index contributed by atoms with van der Waals surface area (Å²) in [7, 11) is 0. The molecule has 0 bridgehead atoms. The van der Waals surface area contributed by atoms with E-state index >= 15 is 0 Å². The quantitative estimate of drug-likeness (QED) is 0.751. The summed E-state index contributed by atoms with van der Waals surface area (Å²) >= 11 is 0. The molecule has 6 nitrogen and oxygen atoms in total. The number of carbonyl (C=O) groups excluding carboxylic acids is 1. The highest BCUT2D eigenvalue weighted by Crippen LogP contribution is 2.43. The van der Waals surface area contributed by atoms with Crippen molar-refractivity contribution in [3.8, 4) is 0 Å². The van der Waals surface area contributed by atoms with Crippen LogP contribution >= 0.6 is 0 Å². The van der Waals surface area contributed by atoms with Gasteiger partial charge < -0.3 is 20.1 Å². The summed E-state index contributed by atoms with van der Waals surface area (Å²) in [6.07, 6.45) is 2.95. The molecule has 2 rings (SSSR count). The van der Waals surface area contributed by atoms with Gasteiger partial charge in [-0.15, -0.1) is 0 Å². The van der Waals surface area contributed by atoms with E-state index in [1.807, 2.05) is 6.92 Å². The van der Waals surface area contributed by atoms with E-state index in [9.17, 15) is 9.59 Å². The fourth-order valence-corrected chi connectivity index (χ4v) is 2.90. The fraction of sp³-hybridized carbons (Fsp3) is 0.867. The first kappa shape index (κ1) is 16.1. The van der Waals surface area contributed by atoms with Gasteiger partial charge in [0, 0.05) is 30.7 Å². The lowest BCUT2D eigenvalue weighted by atomic mass is 9.64. The molecule has 2 amide bonds. The summed E-state index contributed by atoms with van der Waals surface area (Å²) in [6, 6.07) is 0.176. The van der Waals surface area contributed by atoms with Gasteiger partial charge in [-0.1, -0.05) is 13.8 Å². The first-order valence-electron chi connectivity index (χ1n) is 7.76. The molecular formula is C15H26N2O4. The molecule has 0 aromatic heterocycles. The van der Waals surface area contributed by atoms with E-state index in [2.05, 4.69) is 19.2 Å². The summed E-state index contributed by atoms with van der Waals surface area (Å²) in [5, 5.41) is 11.8. The monoisotopic (exact) mass is 298 g/mol. The number of nitrogens with zero attached hydrogens (tertiary/aromatic N) is 1. The number of carbonyl (C=O) groups is 2. The van der Waals surface area contributed by atoms with Crippen molar-refractivity contribution < 1.29 is 19.4 Å². The molecule has 0 aliphatic heterocycles.